The normalized spacial score (nSPS) is 10.2. The lowest BCUT2D eigenvalue weighted by Crippen LogP contribution is -2.28. The fourth-order valence-corrected chi connectivity index (χ4v) is 4.75. The largest absolute Gasteiger partial charge is 0.545 e. The Balaban J connectivity index is 3.78. The summed E-state index contributed by atoms with van der Waals surface area (Å²) < 4.78 is 7.30. The Bertz CT molecular complexity index is 512. The number of esters is 1. The van der Waals surface area contributed by atoms with Crippen LogP contribution in [0.15, 0.2) is 0 Å². The van der Waals surface area contributed by atoms with E-state index in [0.717, 1.165) is 7.14 Å². The van der Waals surface area contributed by atoms with E-state index in [4.69, 9.17) is 0 Å². The first-order valence-electron chi connectivity index (χ1n) is 3.98. The number of benzene rings is 1. The van der Waals surface area contributed by atoms with Gasteiger partial charge in [0.1, 0.15) is 0 Å². The van der Waals surface area contributed by atoms with Gasteiger partial charge in [0.2, 0.25) is 0 Å². The lowest BCUT2D eigenvalue weighted by atomic mass is 10.1. The molecule has 0 radical (unpaired) electrons. The minimum atomic E-state index is -1.37. The molecule has 4 nitrogen and oxygen atoms in total. The Hall–Kier alpha value is 1.08. The molecule has 0 saturated heterocycles. The van der Waals surface area contributed by atoms with Crippen molar-refractivity contribution in [1.29, 1.82) is 0 Å². The molecule has 0 amide bonds. The van der Waals surface area contributed by atoms with Crippen LogP contribution in [0.4, 0.5) is 0 Å². The average Bonchev–Trinajstić information content (AvgIpc) is 2.29. The van der Waals surface area contributed by atoms with Crippen LogP contribution >= 0.6 is 90.4 Å². The molecular weight excluding hydrogens is 680 g/mol. The van der Waals surface area contributed by atoms with E-state index in [0.29, 0.717) is 7.14 Å². The molecule has 0 unspecified atom stereocenters. The fourth-order valence-electron chi connectivity index (χ4n) is 1.12. The van der Waals surface area contributed by atoms with Gasteiger partial charge in [-0.1, -0.05) is 0 Å². The number of aromatic carboxylic acids is 1. The van der Waals surface area contributed by atoms with Crippen LogP contribution in [0.1, 0.15) is 20.7 Å². The van der Waals surface area contributed by atoms with Gasteiger partial charge in [0.25, 0.3) is 0 Å². The Morgan fingerprint density at radius 3 is 1.71 bits per heavy atom. The second-order valence-electron chi connectivity index (χ2n) is 2.78. The van der Waals surface area contributed by atoms with Crippen molar-refractivity contribution in [2.75, 3.05) is 7.11 Å². The van der Waals surface area contributed by atoms with Gasteiger partial charge in [-0.25, -0.2) is 4.79 Å². The molecule has 0 fully saturated rings. The average molecular weight is 683 g/mol. The molecule has 0 spiro atoms. The van der Waals surface area contributed by atoms with Crippen molar-refractivity contribution >= 4 is 102 Å². The molecule has 8 heteroatoms. The van der Waals surface area contributed by atoms with E-state index in [9.17, 15) is 14.7 Å². The van der Waals surface area contributed by atoms with Crippen LogP contribution in [0.3, 0.4) is 0 Å². The van der Waals surface area contributed by atoms with Crippen LogP contribution in [-0.4, -0.2) is 19.0 Å². The quantitative estimate of drug-likeness (QED) is 0.208. The van der Waals surface area contributed by atoms with Gasteiger partial charge >= 0.3 is 5.97 Å². The Morgan fingerprint density at radius 2 is 1.35 bits per heavy atom. The first-order valence-corrected chi connectivity index (χ1v) is 8.30. The van der Waals surface area contributed by atoms with E-state index in [2.05, 4.69) is 27.3 Å². The van der Waals surface area contributed by atoms with Crippen LogP contribution in [0, 0.1) is 14.3 Å². The number of rotatable bonds is 2. The lowest BCUT2D eigenvalue weighted by Gasteiger charge is -2.16. The van der Waals surface area contributed by atoms with Crippen molar-refractivity contribution in [3.63, 3.8) is 0 Å². The molecule has 17 heavy (non-hydrogen) atoms. The highest BCUT2D eigenvalue weighted by Crippen LogP contribution is 2.32. The van der Waals surface area contributed by atoms with Crippen LogP contribution in [0.5, 0.6) is 0 Å². The summed E-state index contributed by atoms with van der Waals surface area (Å²) in [5.41, 5.74) is -0.0472. The summed E-state index contributed by atoms with van der Waals surface area (Å²) in [7, 11) is 1.22. The monoisotopic (exact) mass is 683 g/mol. The van der Waals surface area contributed by atoms with E-state index in [1.807, 2.05) is 67.8 Å². The molecule has 0 aromatic heterocycles. The predicted molar refractivity (Wildman–Crippen MR) is 93.0 cm³/mol. The summed E-state index contributed by atoms with van der Waals surface area (Å²) in [5.74, 6) is -2.04. The summed E-state index contributed by atoms with van der Waals surface area (Å²) in [5, 5.41) is 11.1. The summed E-state index contributed by atoms with van der Waals surface area (Å²) in [6.07, 6.45) is 0. The fraction of sp³-hybridized carbons (Fsp3) is 0.111. The molecule has 1 aromatic carbocycles. The zero-order valence-electron chi connectivity index (χ0n) is 8.14. The standard InChI is InChI=1S/C9H4I4O4/c1-17-9(16)3-2(8(14)15)4(10)6(12)7(13)5(3)11/h1H3,(H,14,15)/p-1. The van der Waals surface area contributed by atoms with E-state index in [1.54, 1.807) is 0 Å². The van der Waals surface area contributed by atoms with E-state index in [1.165, 1.54) is 7.11 Å². The number of hydrogen-bond donors (Lipinski definition) is 0. The molecule has 0 saturated carbocycles. The third-order valence-corrected chi connectivity index (χ3v) is 9.27. The molecular formula is C9H3I4O4-. The van der Waals surface area contributed by atoms with Gasteiger partial charge < -0.3 is 14.6 Å². The number of carbonyl (C=O) groups is 2. The summed E-state index contributed by atoms with van der Waals surface area (Å²) in [6, 6.07) is 0. The molecule has 92 valence electrons. The van der Waals surface area contributed by atoms with Crippen LogP contribution in [0.25, 0.3) is 0 Å². The maximum Gasteiger partial charge on any atom is 0.339 e. The Labute approximate surface area is 152 Å². The highest BCUT2D eigenvalue weighted by Gasteiger charge is 2.24. The summed E-state index contributed by atoms with van der Waals surface area (Å²) >= 11 is 7.94. The Kier molecular flexibility index (Phi) is 6.16. The summed E-state index contributed by atoms with van der Waals surface area (Å²) in [6.45, 7) is 0. The Morgan fingerprint density at radius 1 is 0.941 bits per heavy atom. The number of halogens is 4. The highest BCUT2D eigenvalue weighted by molar-refractivity contribution is 14.1. The minimum absolute atomic E-state index is 0.0577. The smallest absolute Gasteiger partial charge is 0.339 e. The number of carboxylic acid groups (broad SMARTS) is 1. The number of carbonyl (C=O) groups excluding carboxylic acids is 2. The molecule has 0 heterocycles. The van der Waals surface area contributed by atoms with Crippen molar-refractivity contribution < 1.29 is 19.4 Å². The first kappa shape index (κ1) is 16.1. The number of carboxylic acids is 1. The zero-order valence-corrected chi connectivity index (χ0v) is 16.8. The van der Waals surface area contributed by atoms with Gasteiger partial charge in [-0.3, -0.25) is 0 Å². The maximum absolute atomic E-state index is 11.6. The second kappa shape index (κ2) is 6.49. The van der Waals surface area contributed by atoms with Crippen molar-refractivity contribution in [3.05, 3.63) is 25.4 Å². The van der Waals surface area contributed by atoms with Crippen molar-refractivity contribution in [2.45, 2.75) is 0 Å². The van der Waals surface area contributed by atoms with Crippen LogP contribution < -0.4 is 5.11 Å². The molecule has 1 rings (SSSR count). The van der Waals surface area contributed by atoms with Crippen LogP contribution in [-0.2, 0) is 4.74 Å². The van der Waals surface area contributed by atoms with E-state index >= 15 is 0 Å². The summed E-state index contributed by atoms with van der Waals surface area (Å²) in [4.78, 5) is 22.8. The van der Waals surface area contributed by atoms with E-state index in [-0.39, 0.29) is 11.1 Å². The lowest BCUT2D eigenvalue weighted by molar-refractivity contribution is -0.255. The van der Waals surface area contributed by atoms with Crippen molar-refractivity contribution in [3.8, 4) is 0 Å². The molecule has 0 N–H and O–H groups in total. The number of hydrogen-bond acceptors (Lipinski definition) is 4. The molecule has 0 aliphatic rings. The van der Waals surface area contributed by atoms with Gasteiger partial charge in [-0.2, -0.15) is 0 Å². The maximum atomic E-state index is 11.6. The highest BCUT2D eigenvalue weighted by atomic mass is 127. The molecule has 0 aliphatic heterocycles. The molecule has 0 bridgehead atoms. The topological polar surface area (TPSA) is 66.4 Å². The minimum Gasteiger partial charge on any atom is -0.545 e. The van der Waals surface area contributed by atoms with Gasteiger partial charge in [0.05, 0.1) is 18.6 Å². The van der Waals surface area contributed by atoms with Crippen molar-refractivity contribution in [2.24, 2.45) is 0 Å². The second-order valence-corrected chi connectivity index (χ2v) is 7.10. The number of ether oxygens (including phenoxy) is 1. The van der Waals surface area contributed by atoms with Gasteiger partial charge in [0, 0.05) is 19.8 Å². The van der Waals surface area contributed by atoms with Gasteiger partial charge in [-0.15, -0.1) is 0 Å². The van der Waals surface area contributed by atoms with Crippen molar-refractivity contribution in [1.82, 2.24) is 0 Å². The SMILES string of the molecule is COC(=O)c1c(I)c(I)c(I)c(I)c1C(=O)[O-]. The van der Waals surface area contributed by atoms with E-state index < -0.39 is 11.9 Å². The number of methoxy groups -OCH3 is 1. The van der Waals surface area contributed by atoms with Gasteiger partial charge in [0.15, 0.2) is 0 Å². The molecule has 0 aliphatic carbocycles. The van der Waals surface area contributed by atoms with Gasteiger partial charge in [-0.05, 0) is 90.4 Å². The zero-order chi connectivity index (χ0) is 13.3. The molecule has 0 atom stereocenters. The first-order chi connectivity index (χ1) is 7.82. The predicted octanol–water partition coefficient (Wildman–Crippen LogP) is 2.26. The van der Waals surface area contributed by atoms with Crippen LogP contribution in [0.2, 0.25) is 0 Å². The third-order valence-electron chi connectivity index (χ3n) is 1.86. The molecule has 1 aromatic rings. The third kappa shape index (κ3) is 3.16.